The third-order valence-corrected chi connectivity index (χ3v) is 2.94. The summed E-state index contributed by atoms with van der Waals surface area (Å²) in [6.07, 6.45) is 4.42. The molecule has 3 nitrogen and oxygen atoms in total. The van der Waals surface area contributed by atoms with Gasteiger partial charge in [0.05, 0.1) is 18.6 Å². The Morgan fingerprint density at radius 3 is 2.93 bits per heavy atom. The monoisotopic (exact) mass is 196 g/mol. The van der Waals surface area contributed by atoms with Crippen LogP contribution in [-0.4, -0.2) is 37.2 Å². The van der Waals surface area contributed by atoms with E-state index in [1.54, 1.807) is 0 Å². The van der Waals surface area contributed by atoms with E-state index in [4.69, 9.17) is 10.00 Å². The van der Waals surface area contributed by atoms with Gasteiger partial charge in [0.1, 0.15) is 0 Å². The van der Waals surface area contributed by atoms with E-state index in [9.17, 15) is 0 Å². The van der Waals surface area contributed by atoms with Crippen molar-refractivity contribution in [2.45, 2.75) is 44.8 Å². The van der Waals surface area contributed by atoms with Crippen LogP contribution in [0, 0.1) is 11.3 Å². The van der Waals surface area contributed by atoms with Crippen LogP contribution in [0.5, 0.6) is 0 Å². The zero-order valence-electron chi connectivity index (χ0n) is 9.20. The highest BCUT2D eigenvalue weighted by Gasteiger charge is 2.20. The summed E-state index contributed by atoms with van der Waals surface area (Å²) < 4.78 is 5.57. The molecule has 0 amide bonds. The Balaban J connectivity index is 2.30. The van der Waals surface area contributed by atoms with Crippen molar-refractivity contribution in [1.82, 2.24) is 4.90 Å². The van der Waals surface area contributed by atoms with Gasteiger partial charge in [-0.1, -0.05) is 6.92 Å². The average molecular weight is 196 g/mol. The number of hydrogen-bond donors (Lipinski definition) is 0. The van der Waals surface area contributed by atoms with E-state index in [0.717, 1.165) is 19.6 Å². The molecule has 14 heavy (non-hydrogen) atoms. The van der Waals surface area contributed by atoms with Crippen molar-refractivity contribution < 1.29 is 4.74 Å². The Kier molecular flexibility index (Phi) is 4.92. The van der Waals surface area contributed by atoms with E-state index >= 15 is 0 Å². The lowest BCUT2D eigenvalue weighted by atomic mass is 10.1. The molecule has 1 heterocycles. The molecule has 0 N–H and O–H groups in total. The fourth-order valence-electron chi connectivity index (χ4n) is 1.98. The molecule has 0 radical (unpaired) electrons. The molecule has 0 saturated carbocycles. The van der Waals surface area contributed by atoms with Crippen molar-refractivity contribution in [3.63, 3.8) is 0 Å². The maximum absolute atomic E-state index is 8.67. The summed E-state index contributed by atoms with van der Waals surface area (Å²) in [6.45, 7) is 4.02. The Morgan fingerprint density at radius 2 is 2.43 bits per heavy atom. The minimum absolute atomic E-state index is 0.393. The quantitative estimate of drug-likeness (QED) is 0.672. The van der Waals surface area contributed by atoms with Crippen molar-refractivity contribution in [3.8, 4) is 6.07 Å². The molecule has 0 aliphatic carbocycles. The van der Waals surface area contributed by atoms with Crippen LogP contribution in [0.4, 0.5) is 0 Å². The number of hydrogen-bond acceptors (Lipinski definition) is 3. The van der Waals surface area contributed by atoms with Gasteiger partial charge in [0.15, 0.2) is 0 Å². The fraction of sp³-hybridized carbons (Fsp3) is 0.909. The minimum atomic E-state index is 0.393. The van der Waals surface area contributed by atoms with E-state index in [1.807, 2.05) is 0 Å². The van der Waals surface area contributed by atoms with Gasteiger partial charge in [0, 0.05) is 19.2 Å². The second-order valence-electron chi connectivity index (χ2n) is 4.00. The van der Waals surface area contributed by atoms with Crippen molar-refractivity contribution >= 4 is 0 Å². The van der Waals surface area contributed by atoms with Gasteiger partial charge in [0.2, 0.25) is 0 Å². The van der Waals surface area contributed by atoms with Crippen LogP contribution in [0.25, 0.3) is 0 Å². The molecule has 2 unspecified atom stereocenters. The zero-order chi connectivity index (χ0) is 10.4. The largest absolute Gasteiger partial charge is 0.377 e. The van der Waals surface area contributed by atoms with Gasteiger partial charge in [-0.15, -0.1) is 0 Å². The standard InChI is InChI=1S/C11H20N2O/c1-3-10(6-7-12)13(2)9-11-5-4-8-14-11/h10-11H,3-6,8-9H2,1-2H3. The number of ether oxygens (including phenoxy) is 1. The Hall–Kier alpha value is -0.590. The molecule has 3 heteroatoms. The maximum Gasteiger partial charge on any atom is 0.0702 e. The SMILES string of the molecule is CCC(CC#N)N(C)CC1CCCO1. The smallest absolute Gasteiger partial charge is 0.0702 e. The highest BCUT2D eigenvalue weighted by Crippen LogP contribution is 2.15. The van der Waals surface area contributed by atoms with E-state index in [1.165, 1.54) is 12.8 Å². The number of rotatable bonds is 5. The molecular formula is C11H20N2O. The van der Waals surface area contributed by atoms with E-state index in [-0.39, 0.29) is 0 Å². The van der Waals surface area contributed by atoms with E-state index in [2.05, 4.69) is 24.9 Å². The molecule has 1 rings (SSSR count). The summed E-state index contributed by atoms with van der Waals surface area (Å²) in [5, 5.41) is 8.67. The summed E-state index contributed by atoms with van der Waals surface area (Å²) in [4.78, 5) is 2.26. The summed E-state index contributed by atoms with van der Waals surface area (Å²) in [7, 11) is 2.09. The lowest BCUT2D eigenvalue weighted by molar-refractivity contribution is 0.0678. The van der Waals surface area contributed by atoms with Gasteiger partial charge in [-0.05, 0) is 26.3 Å². The van der Waals surface area contributed by atoms with Crippen LogP contribution < -0.4 is 0 Å². The molecule has 80 valence electrons. The first-order valence-electron chi connectivity index (χ1n) is 5.46. The molecule has 0 bridgehead atoms. The van der Waals surface area contributed by atoms with Crippen molar-refractivity contribution in [1.29, 1.82) is 5.26 Å². The molecule has 0 aromatic carbocycles. The van der Waals surface area contributed by atoms with Crippen LogP contribution in [0.3, 0.4) is 0 Å². The second kappa shape index (κ2) is 6.00. The summed E-state index contributed by atoms with van der Waals surface area (Å²) in [5.41, 5.74) is 0. The Morgan fingerprint density at radius 1 is 1.64 bits per heavy atom. The number of nitrogens with zero attached hydrogens (tertiary/aromatic N) is 2. The van der Waals surface area contributed by atoms with Gasteiger partial charge in [-0.3, -0.25) is 4.90 Å². The molecule has 0 spiro atoms. The molecule has 1 fully saturated rings. The van der Waals surface area contributed by atoms with Crippen LogP contribution in [0.1, 0.15) is 32.6 Å². The average Bonchev–Trinajstić information content (AvgIpc) is 2.66. The van der Waals surface area contributed by atoms with E-state index < -0.39 is 0 Å². The van der Waals surface area contributed by atoms with Gasteiger partial charge in [0.25, 0.3) is 0 Å². The van der Waals surface area contributed by atoms with Crippen molar-refractivity contribution in [3.05, 3.63) is 0 Å². The lowest BCUT2D eigenvalue weighted by Gasteiger charge is -2.27. The van der Waals surface area contributed by atoms with Crippen LogP contribution in [0.15, 0.2) is 0 Å². The third-order valence-electron chi connectivity index (χ3n) is 2.94. The first-order valence-corrected chi connectivity index (χ1v) is 5.46. The lowest BCUT2D eigenvalue weighted by Crippen LogP contribution is -2.36. The first kappa shape index (κ1) is 11.5. The van der Waals surface area contributed by atoms with E-state index in [0.29, 0.717) is 18.6 Å². The third kappa shape index (κ3) is 3.28. The van der Waals surface area contributed by atoms with Crippen LogP contribution >= 0.6 is 0 Å². The molecule has 1 aliphatic heterocycles. The Bertz CT molecular complexity index is 194. The molecule has 0 aromatic heterocycles. The maximum atomic E-state index is 8.67. The van der Waals surface area contributed by atoms with Crippen molar-refractivity contribution in [2.24, 2.45) is 0 Å². The number of likely N-dealkylation sites (N-methyl/N-ethyl adjacent to an activating group) is 1. The van der Waals surface area contributed by atoms with Crippen LogP contribution in [-0.2, 0) is 4.74 Å². The number of nitriles is 1. The molecule has 1 aliphatic rings. The molecular weight excluding hydrogens is 176 g/mol. The molecule has 1 saturated heterocycles. The Labute approximate surface area is 86.6 Å². The first-order chi connectivity index (χ1) is 6.77. The topological polar surface area (TPSA) is 36.3 Å². The normalized spacial score (nSPS) is 23.7. The van der Waals surface area contributed by atoms with Crippen molar-refractivity contribution in [2.75, 3.05) is 20.2 Å². The zero-order valence-corrected chi connectivity index (χ0v) is 9.20. The predicted octanol–water partition coefficient (Wildman–Crippen LogP) is 1.79. The van der Waals surface area contributed by atoms with Gasteiger partial charge in [-0.25, -0.2) is 0 Å². The highest BCUT2D eigenvalue weighted by atomic mass is 16.5. The second-order valence-corrected chi connectivity index (χ2v) is 4.00. The highest BCUT2D eigenvalue weighted by molar-refractivity contribution is 4.82. The summed E-state index contributed by atoms with van der Waals surface area (Å²) in [5.74, 6) is 0. The van der Waals surface area contributed by atoms with Gasteiger partial charge in [-0.2, -0.15) is 5.26 Å². The molecule has 0 aromatic rings. The summed E-state index contributed by atoms with van der Waals surface area (Å²) >= 11 is 0. The summed E-state index contributed by atoms with van der Waals surface area (Å²) in [6, 6.07) is 2.63. The van der Waals surface area contributed by atoms with Crippen LogP contribution in [0.2, 0.25) is 0 Å². The van der Waals surface area contributed by atoms with Gasteiger partial charge >= 0.3 is 0 Å². The molecule has 2 atom stereocenters. The minimum Gasteiger partial charge on any atom is -0.377 e. The predicted molar refractivity (Wildman–Crippen MR) is 55.9 cm³/mol. The van der Waals surface area contributed by atoms with Gasteiger partial charge < -0.3 is 4.74 Å². The fourth-order valence-corrected chi connectivity index (χ4v) is 1.98.